The maximum Gasteiger partial charge on any atom is 0.191 e. The van der Waals surface area contributed by atoms with Crippen molar-refractivity contribution in [2.24, 2.45) is 10.7 Å². The maximum absolute atomic E-state index is 6.03. The summed E-state index contributed by atoms with van der Waals surface area (Å²) in [5.74, 6) is 4.44. The third-order valence-corrected chi connectivity index (χ3v) is 4.30. The maximum atomic E-state index is 6.03. The van der Waals surface area contributed by atoms with Gasteiger partial charge in [0.1, 0.15) is 6.61 Å². The van der Waals surface area contributed by atoms with E-state index in [4.69, 9.17) is 15.2 Å². The van der Waals surface area contributed by atoms with Crippen LogP contribution in [0, 0.1) is 0 Å². The van der Waals surface area contributed by atoms with Gasteiger partial charge in [-0.1, -0.05) is 12.1 Å². The third kappa shape index (κ3) is 4.32. The minimum Gasteiger partial charge on any atom is -0.486 e. The van der Waals surface area contributed by atoms with E-state index < -0.39 is 0 Å². The van der Waals surface area contributed by atoms with Crippen molar-refractivity contribution in [3.63, 3.8) is 0 Å². The summed E-state index contributed by atoms with van der Waals surface area (Å²) in [6.45, 7) is 3.00. The van der Waals surface area contributed by atoms with Crippen molar-refractivity contribution in [2.75, 3.05) is 37.7 Å². The van der Waals surface area contributed by atoms with Gasteiger partial charge in [-0.2, -0.15) is 11.8 Å². The van der Waals surface area contributed by atoms with E-state index in [9.17, 15) is 0 Å². The van der Waals surface area contributed by atoms with Gasteiger partial charge in [-0.25, -0.2) is 4.99 Å². The van der Waals surface area contributed by atoms with Gasteiger partial charge < -0.3 is 20.1 Å². The van der Waals surface area contributed by atoms with Crippen LogP contribution in [0.5, 0.6) is 11.5 Å². The molecular weight excluding hydrogens is 401 g/mol. The minimum atomic E-state index is -0.0670. The Morgan fingerprint density at radius 1 is 1.29 bits per heavy atom. The zero-order valence-electron chi connectivity index (χ0n) is 11.7. The molecule has 2 aliphatic rings. The number of ether oxygens (including phenoxy) is 2. The molecule has 1 aromatic rings. The molecule has 0 aromatic heterocycles. The lowest BCUT2D eigenvalue weighted by molar-refractivity contribution is 0.0970. The van der Waals surface area contributed by atoms with Crippen LogP contribution in [0.4, 0.5) is 0 Å². The van der Waals surface area contributed by atoms with Crippen LogP contribution < -0.4 is 15.2 Å². The lowest BCUT2D eigenvalue weighted by Crippen LogP contribution is -2.43. The molecule has 0 spiro atoms. The Bertz CT molecular complexity index is 495. The van der Waals surface area contributed by atoms with Gasteiger partial charge in [0.25, 0.3) is 0 Å². The minimum absolute atomic E-state index is 0. The Balaban J connectivity index is 0.00000161. The van der Waals surface area contributed by atoms with Crippen LogP contribution in [-0.4, -0.2) is 54.7 Å². The Morgan fingerprint density at radius 3 is 2.76 bits per heavy atom. The number of benzene rings is 1. The highest BCUT2D eigenvalue weighted by Gasteiger charge is 2.20. The zero-order valence-corrected chi connectivity index (χ0v) is 14.9. The predicted octanol–water partition coefficient (Wildman–Crippen LogP) is 1.81. The number of hydrogen-bond acceptors (Lipinski definition) is 4. The quantitative estimate of drug-likeness (QED) is 0.449. The first kappa shape index (κ1) is 16.5. The third-order valence-electron chi connectivity index (χ3n) is 3.36. The monoisotopic (exact) mass is 421 g/mol. The number of rotatable bonds is 2. The molecule has 0 aliphatic carbocycles. The van der Waals surface area contributed by atoms with Gasteiger partial charge in [0.15, 0.2) is 23.6 Å². The van der Waals surface area contributed by atoms with Crippen molar-refractivity contribution in [3.05, 3.63) is 24.3 Å². The molecule has 116 valence electrons. The molecule has 3 rings (SSSR count). The highest BCUT2D eigenvalue weighted by Crippen LogP contribution is 2.30. The summed E-state index contributed by atoms with van der Waals surface area (Å²) in [4.78, 5) is 6.58. The number of aliphatic imine (C=N–C) groups is 1. The second-order valence-electron chi connectivity index (χ2n) is 4.80. The number of nitrogens with zero attached hydrogens (tertiary/aromatic N) is 2. The van der Waals surface area contributed by atoms with Crippen LogP contribution in [-0.2, 0) is 0 Å². The summed E-state index contributed by atoms with van der Waals surface area (Å²) in [5.41, 5.74) is 6.03. The molecule has 7 heteroatoms. The average Bonchev–Trinajstić information content (AvgIpc) is 2.53. The second-order valence-corrected chi connectivity index (χ2v) is 6.02. The molecule has 0 bridgehead atoms. The van der Waals surface area contributed by atoms with E-state index in [2.05, 4.69) is 9.89 Å². The Hall–Kier alpha value is -0.830. The molecule has 1 saturated heterocycles. The fourth-order valence-corrected chi connectivity index (χ4v) is 3.14. The summed E-state index contributed by atoms with van der Waals surface area (Å²) in [5, 5.41) is 0. The molecule has 2 N–H and O–H groups in total. The summed E-state index contributed by atoms with van der Waals surface area (Å²) < 4.78 is 11.5. The van der Waals surface area contributed by atoms with Gasteiger partial charge in [0.2, 0.25) is 0 Å². The first-order valence-electron chi connectivity index (χ1n) is 6.84. The topological polar surface area (TPSA) is 60.1 Å². The van der Waals surface area contributed by atoms with E-state index in [0.29, 0.717) is 19.1 Å². The fourth-order valence-electron chi connectivity index (χ4n) is 2.24. The van der Waals surface area contributed by atoms with E-state index in [-0.39, 0.29) is 30.1 Å². The van der Waals surface area contributed by atoms with Crippen molar-refractivity contribution >= 4 is 41.7 Å². The SMILES string of the molecule is I.NC(=NCC1COc2ccccc2O1)N1CCSCC1. The van der Waals surface area contributed by atoms with Crippen LogP contribution >= 0.6 is 35.7 Å². The lowest BCUT2D eigenvalue weighted by atomic mass is 10.2. The number of fused-ring (bicyclic) bond motifs is 1. The Morgan fingerprint density at radius 2 is 2.00 bits per heavy atom. The van der Waals surface area contributed by atoms with E-state index in [1.807, 2.05) is 36.0 Å². The van der Waals surface area contributed by atoms with E-state index in [0.717, 1.165) is 36.1 Å². The van der Waals surface area contributed by atoms with Gasteiger partial charge in [0, 0.05) is 24.6 Å². The lowest BCUT2D eigenvalue weighted by Gasteiger charge is -2.28. The van der Waals surface area contributed by atoms with Crippen molar-refractivity contribution in [2.45, 2.75) is 6.10 Å². The van der Waals surface area contributed by atoms with E-state index in [1.165, 1.54) is 0 Å². The molecule has 0 amide bonds. The number of guanidine groups is 1. The number of nitrogens with two attached hydrogens (primary N) is 1. The van der Waals surface area contributed by atoms with E-state index >= 15 is 0 Å². The number of hydrogen-bond donors (Lipinski definition) is 1. The molecule has 5 nitrogen and oxygen atoms in total. The molecule has 0 radical (unpaired) electrons. The van der Waals surface area contributed by atoms with Gasteiger partial charge in [-0.15, -0.1) is 24.0 Å². The zero-order chi connectivity index (χ0) is 13.8. The summed E-state index contributed by atoms with van der Waals surface area (Å²) in [6, 6.07) is 7.70. The summed E-state index contributed by atoms with van der Waals surface area (Å²) >= 11 is 1.96. The molecule has 1 atom stereocenters. The predicted molar refractivity (Wildman–Crippen MR) is 97.2 cm³/mol. The van der Waals surface area contributed by atoms with Crippen molar-refractivity contribution < 1.29 is 9.47 Å². The second kappa shape index (κ2) is 7.98. The van der Waals surface area contributed by atoms with Crippen LogP contribution in [0.25, 0.3) is 0 Å². The number of halogens is 1. The van der Waals surface area contributed by atoms with Crippen molar-refractivity contribution in [1.82, 2.24) is 4.90 Å². The van der Waals surface area contributed by atoms with Crippen LogP contribution in [0.2, 0.25) is 0 Å². The van der Waals surface area contributed by atoms with Gasteiger partial charge in [-0.3, -0.25) is 0 Å². The van der Waals surface area contributed by atoms with Crippen LogP contribution in [0.3, 0.4) is 0 Å². The highest BCUT2D eigenvalue weighted by atomic mass is 127. The van der Waals surface area contributed by atoms with Crippen LogP contribution in [0.15, 0.2) is 29.3 Å². The molecule has 1 fully saturated rings. The van der Waals surface area contributed by atoms with Crippen molar-refractivity contribution in [1.29, 1.82) is 0 Å². The largest absolute Gasteiger partial charge is 0.486 e. The van der Waals surface area contributed by atoms with Crippen LogP contribution in [0.1, 0.15) is 0 Å². The molecule has 1 unspecified atom stereocenters. The molecule has 1 aromatic carbocycles. The standard InChI is InChI=1S/C14H19N3O2S.HI/c15-14(17-5-7-20-8-6-17)16-9-11-10-18-12-3-1-2-4-13(12)19-11;/h1-4,11H,5-10H2,(H2,15,16);1H. The summed E-state index contributed by atoms with van der Waals surface area (Å²) in [7, 11) is 0. The first-order valence-corrected chi connectivity index (χ1v) is 7.99. The van der Waals surface area contributed by atoms with E-state index in [1.54, 1.807) is 0 Å². The number of thioether (sulfide) groups is 1. The normalized spacial score (nSPS) is 21.6. The molecule has 0 saturated carbocycles. The molecular formula is C14H20IN3O2S. The van der Waals surface area contributed by atoms with Gasteiger partial charge in [0.05, 0.1) is 6.54 Å². The summed E-state index contributed by atoms with van der Waals surface area (Å²) in [6.07, 6.45) is -0.0670. The van der Waals surface area contributed by atoms with Crippen molar-refractivity contribution in [3.8, 4) is 11.5 Å². The first-order chi connectivity index (χ1) is 9.83. The Kier molecular flexibility index (Phi) is 6.28. The molecule has 2 heterocycles. The number of para-hydroxylation sites is 2. The molecule has 21 heavy (non-hydrogen) atoms. The highest BCUT2D eigenvalue weighted by molar-refractivity contribution is 14.0. The Labute approximate surface area is 146 Å². The molecule has 2 aliphatic heterocycles. The smallest absolute Gasteiger partial charge is 0.191 e. The fraction of sp³-hybridized carbons (Fsp3) is 0.500. The van der Waals surface area contributed by atoms with Gasteiger partial charge >= 0.3 is 0 Å². The van der Waals surface area contributed by atoms with Gasteiger partial charge in [-0.05, 0) is 12.1 Å². The average molecular weight is 421 g/mol.